The molecule has 3 aliphatic rings. The molecule has 21 rings (SSSR count). The van der Waals surface area contributed by atoms with Gasteiger partial charge in [-0.3, -0.25) is 0 Å². The Bertz CT molecular complexity index is 6120. The number of halogens is 4. The topological polar surface area (TPSA) is 56.4 Å². The fourth-order valence-corrected chi connectivity index (χ4v) is 30.8. The minimum atomic E-state index is -1.29. The van der Waals surface area contributed by atoms with Crippen LogP contribution in [0, 0.1) is 0 Å². The second-order valence-corrected chi connectivity index (χ2v) is 49.1. The van der Waals surface area contributed by atoms with Gasteiger partial charge in [0.05, 0.1) is 31.7 Å². The predicted molar refractivity (Wildman–Crippen MR) is 551 cm³/mol. The van der Waals surface area contributed by atoms with Crippen LogP contribution in [0.15, 0.2) is 461 Å². The molecule has 14 heteroatoms. The number of nitrogens with zero attached hydrogens (tertiary/aromatic N) is 4. The van der Waals surface area contributed by atoms with Crippen LogP contribution in [0.4, 0.5) is 11.4 Å². The van der Waals surface area contributed by atoms with Crippen molar-refractivity contribution in [3.05, 3.63) is 527 Å². The van der Waals surface area contributed by atoms with Crippen LogP contribution in [0.1, 0.15) is 56.3 Å². The van der Waals surface area contributed by atoms with Crippen molar-refractivity contribution < 1.29 is 41.7 Å². The van der Waals surface area contributed by atoms with Gasteiger partial charge in [0.2, 0.25) is 0 Å². The Hall–Kier alpha value is -9.35. The van der Waals surface area contributed by atoms with Gasteiger partial charge >= 0.3 is 75.7 Å². The maximum Gasteiger partial charge on any atom is 0.104 e. The average molecular weight is 1950 g/mol. The van der Waals surface area contributed by atoms with Crippen LogP contribution in [0.5, 0.6) is 0 Å². The molecule has 2 unspecified atom stereocenters. The fraction of sp³-hybridized carbons (Fsp3) is 0.0796. The zero-order valence-electron chi connectivity index (χ0n) is 69.8. The third-order valence-electron chi connectivity index (χ3n) is 25.0. The van der Waals surface area contributed by atoms with Crippen molar-refractivity contribution in [3.8, 4) is 11.1 Å². The number of rotatable bonds is 25. The smallest absolute Gasteiger partial charge is 0.104 e. The Morgan fingerprint density at radius 1 is 0.228 bits per heavy atom. The summed E-state index contributed by atoms with van der Waals surface area (Å²) in [6, 6.07) is 169. The summed E-state index contributed by atoms with van der Waals surface area (Å²) in [6.45, 7) is 2.46. The molecule has 18 aromatic carbocycles. The van der Waals surface area contributed by atoms with Gasteiger partial charge in [-0.2, -0.15) is 0 Å². The molecule has 0 amide bonds. The number of fused-ring (bicyclic) bond motifs is 6. The summed E-state index contributed by atoms with van der Waals surface area (Å²) < 4.78 is 0. The Morgan fingerprint density at radius 2 is 0.449 bits per heavy atom. The van der Waals surface area contributed by atoms with Crippen molar-refractivity contribution >= 4 is 162 Å². The quantitative estimate of drug-likeness (QED) is 0.0512. The molecular formula is C113H92Cl4N4P4Zr2+4. The molecule has 0 heterocycles. The van der Waals surface area contributed by atoms with Gasteiger partial charge in [0, 0.05) is 5.41 Å². The SMILES string of the molecule is [Cl][Zr+2][Cl].[Cl][Zr+2][Cl].c1ccc([PH+](c2ccccc2)c2ccccc2C[N-][C@@H]2C3c4ccccc4C34c3ccccc3C4[C@H]2[N-]Cc2ccccc2[PH+](c2ccccc2)c2ccccc2)cc1.c1ccc([PH+](c2ccccc2)c2ccccc2C[N-]c2ccc3ccccc3c2-c2c([N-]Cc3ccccc3[PH+](c3ccccc3)c3ccccc3)ccc3ccccc23)cc1. The van der Waals surface area contributed by atoms with Crippen molar-refractivity contribution in [1.82, 2.24) is 0 Å². The minimum Gasteiger partial charge on any atom is -0.680 e. The Morgan fingerprint density at radius 3 is 0.724 bits per heavy atom. The first-order valence-corrected chi connectivity index (χ1v) is 61.7. The van der Waals surface area contributed by atoms with E-state index in [4.69, 9.17) is 55.3 Å². The minimum absolute atomic E-state index is 0.0411. The summed E-state index contributed by atoms with van der Waals surface area (Å²) in [7, 11) is 14.6. The predicted octanol–water partition coefficient (Wildman–Crippen LogP) is 25.9. The van der Waals surface area contributed by atoms with E-state index in [1.54, 1.807) is 0 Å². The van der Waals surface area contributed by atoms with E-state index in [-0.39, 0.29) is 17.5 Å². The second kappa shape index (κ2) is 42.9. The summed E-state index contributed by atoms with van der Waals surface area (Å²) in [4.78, 5) is 0. The van der Waals surface area contributed by atoms with Gasteiger partial charge in [0.15, 0.2) is 0 Å². The maximum atomic E-state index is 5.90. The molecule has 18 aromatic rings. The van der Waals surface area contributed by atoms with E-state index in [0.717, 1.165) is 22.5 Å². The number of benzene rings is 18. The Labute approximate surface area is 789 Å². The van der Waals surface area contributed by atoms with Gasteiger partial charge < -0.3 is 21.3 Å². The summed E-state index contributed by atoms with van der Waals surface area (Å²) in [5, 5.41) is 44.3. The monoisotopic (exact) mass is 1950 g/mol. The molecule has 616 valence electrons. The molecule has 127 heavy (non-hydrogen) atoms. The van der Waals surface area contributed by atoms with E-state index in [2.05, 4.69) is 461 Å². The first-order chi connectivity index (χ1) is 62.9. The molecular weight excluding hydrogens is 1860 g/mol. The molecule has 0 aliphatic heterocycles. The Kier molecular flexibility index (Phi) is 29.8. The summed E-state index contributed by atoms with van der Waals surface area (Å²) in [6.07, 6.45) is 0. The van der Waals surface area contributed by atoms with Crippen LogP contribution >= 0.6 is 65.7 Å². The molecule has 0 bridgehead atoms. The summed E-state index contributed by atoms with van der Waals surface area (Å²) in [5.41, 5.74) is 15.2. The van der Waals surface area contributed by atoms with E-state index in [1.165, 1.54) is 130 Å². The Balaban J connectivity index is 0.000000162. The zero-order valence-corrected chi connectivity index (χ0v) is 81.8. The number of hydrogen-bond donors (Lipinski definition) is 0. The van der Waals surface area contributed by atoms with Crippen molar-refractivity contribution in [2.75, 3.05) is 0 Å². The van der Waals surface area contributed by atoms with Gasteiger partial charge in [0.25, 0.3) is 0 Å². The van der Waals surface area contributed by atoms with Crippen molar-refractivity contribution in [2.24, 2.45) is 0 Å². The molecule has 3 aliphatic carbocycles. The van der Waals surface area contributed by atoms with Crippen LogP contribution in [0.3, 0.4) is 0 Å². The molecule has 0 radical (unpaired) electrons. The van der Waals surface area contributed by atoms with Gasteiger partial charge in [-0.25, -0.2) is 0 Å². The largest absolute Gasteiger partial charge is 0.680 e. The molecule has 0 aromatic heterocycles. The first kappa shape index (κ1) is 88.3. The second-order valence-electron chi connectivity index (χ2n) is 31.9. The summed E-state index contributed by atoms with van der Waals surface area (Å²) >= 11 is -1.65. The third-order valence-corrected chi connectivity index (χ3v) is 36.4. The molecule has 1 spiro atoms. The van der Waals surface area contributed by atoms with Gasteiger partial charge in [0.1, 0.15) is 63.7 Å². The van der Waals surface area contributed by atoms with Crippen LogP contribution < -0.4 is 63.7 Å². The maximum absolute atomic E-state index is 5.90. The summed E-state index contributed by atoms with van der Waals surface area (Å²) in [5.74, 6) is 0.604. The standard InChI is InChI=1S/C58H44N2P2.C55H44N2P2.4ClH.2Zr/c1-5-25-47(26-6-1)61(48-27-7-2-8-28-48)55-35-19-15-23-45(55)41-59-53-39-37-43-21-13-17-33-51(43)57(53)58-52-34-18-14-22-44(52)38-40-54(58)60-42-46-24-16-20-36-56(46)62(49-29-9-3-10-30-49)50-31-11-4-12-32-50;1-5-23-41(24-6-1)58(42-25-7-2-8-26-42)49-35-19-13-21-39(49)37-56-53-51-45-31-15-17-33-47(45)55(51)48-34-18-16-32-46(48)52(55)54(53)57-38-40-22-14-20-36-50(40)59(43-27-9-3-10-28-43)44-29-11-4-12-30-44;;;;;;/h1-40H,41-42H2;1-36,51-54H,37-38H2;4*1H;;/q2*-2;;;;;2*+4/t;51?,52?,53-,54-,55?;;;;;;/m.1....../s1. The van der Waals surface area contributed by atoms with Crippen molar-refractivity contribution in [3.63, 3.8) is 0 Å². The van der Waals surface area contributed by atoms with Crippen LogP contribution in [0.25, 0.3) is 53.9 Å². The van der Waals surface area contributed by atoms with Crippen LogP contribution in [0.2, 0.25) is 0 Å². The molecule has 0 saturated heterocycles. The van der Waals surface area contributed by atoms with E-state index >= 15 is 0 Å². The van der Waals surface area contributed by atoms with Crippen molar-refractivity contribution in [1.29, 1.82) is 0 Å². The van der Waals surface area contributed by atoms with E-state index < -0.39 is 73.4 Å². The molecule has 4 atom stereocenters. The van der Waals surface area contributed by atoms with E-state index in [9.17, 15) is 0 Å². The van der Waals surface area contributed by atoms with Gasteiger partial charge in [-0.15, -0.1) is 49.6 Å². The fourth-order valence-electron chi connectivity index (χ4n) is 19.8. The molecule has 1 saturated carbocycles. The van der Waals surface area contributed by atoms with Crippen LogP contribution in [-0.4, -0.2) is 12.1 Å². The molecule has 4 nitrogen and oxygen atoms in total. The third kappa shape index (κ3) is 18.9. The molecule has 0 N–H and O–H groups in total. The normalized spacial score (nSPS) is 15.4. The van der Waals surface area contributed by atoms with E-state index in [1.807, 2.05) is 0 Å². The zero-order chi connectivity index (χ0) is 86.1. The number of hydrogen-bond acceptors (Lipinski definition) is 0. The van der Waals surface area contributed by atoms with E-state index in [0.29, 0.717) is 38.0 Å². The van der Waals surface area contributed by atoms with Gasteiger partial charge in [-0.05, 0) is 210 Å². The average Bonchev–Trinajstić information content (AvgIpc) is 1.47. The molecule has 1 fully saturated rings. The van der Waals surface area contributed by atoms with Crippen LogP contribution in [-0.2, 0) is 73.3 Å². The van der Waals surface area contributed by atoms with Gasteiger partial charge in [-0.1, -0.05) is 340 Å². The van der Waals surface area contributed by atoms with Crippen molar-refractivity contribution in [2.45, 2.75) is 55.5 Å². The first-order valence-electron chi connectivity index (χ1n) is 43.0.